The lowest BCUT2D eigenvalue weighted by molar-refractivity contribution is 0.0996. The van der Waals surface area contributed by atoms with E-state index >= 15 is 0 Å². The summed E-state index contributed by atoms with van der Waals surface area (Å²) in [6, 6.07) is 2.67. The van der Waals surface area contributed by atoms with Gasteiger partial charge in [-0.2, -0.15) is 16.7 Å². The topological polar surface area (TPSA) is 108 Å². The molecule has 28 heavy (non-hydrogen) atoms. The first-order valence-corrected chi connectivity index (χ1v) is 9.91. The molecule has 4 rings (SSSR count). The Hall–Kier alpha value is -2.88. The number of primary amides is 1. The highest BCUT2D eigenvalue weighted by atomic mass is 32.2. The summed E-state index contributed by atoms with van der Waals surface area (Å²) in [7, 11) is 1.70. The molecule has 1 aliphatic rings. The summed E-state index contributed by atoms with van der Waals surface area (Å²) in [5, 5.41) is 2.97. The van der Waals surface area contributed by atoms with Crippen LogP contribution in [0.25, 0.3) is 11.2 Å². The maximum absolute atomic E-state index is 14.1. The number of aromatic nitrogens is 4. The fraction of sp³-hybridized carbons (Fsp3) is 0.333. The molecule has 1 fully saturated rings. The minimum Gasteiger partial charge on any atom is -0.366 e. The molecule has 146 valence electrons. The molecule has 0 aliphatic carbocycles. The summed E-state index contributed by atoms with van der Waals surface area (Å²) in [6.45, 7) is 1.72. The van der Waals surface area contributed by atoms with Gasteiger partial charge in [0.05, 0.1) is 17.8 Å². The zero-order valence-corrected chi connectivity index (χ0v) is 16.2. The smallest absolute Gasteiger partial charge is 0.330 e. The minimum absolute atomic E-state index is 0.0954. The third-order valence-corrected chi connectivity index (χ3v) is 6.07. The van der Waals surface area contributed by atoms with E-state index in [1.165, 1.54) is 16.7 Å². The van der Waals surface area contributed by atoms with Crippen LogP contribution in [-0.4, -0.2) is 36.5 Å². The van der Waals surface area contributed by atoms with Crippen molar-refractivity contribution >= 4 is 40.5 Å². The Bertz CT molecular complexity index is 1150. The van der Waals surface area contributed by atoms with E-state index in [4.69, 9.17) is 5.73 Å². The van der Waals surface area contributed by atoms with Crippen LogP contribution in [0.2, 0.25) is 0 Å². The lowest BCUT2D eigenvalue weighted by Gasteiger charge is -2.12. The second-order valence-electron chi connectivity index (χ2n) is 6.77. The van der Waals surface area contributed by atoms with Crippen LogP contribution in [-0.2, 0) is 7.05 Å². The SMILES string of the molecule is Cc1cc(C(N)=O)c(F)cc1Nc1ncc2c(n1)n(C1CCSC1)c(=O)n2C. The van der Waals surface area contributed by atoms with E-state index in [2.05, 4.69) is 15.3 Å². The summed E-state index contributed by atoms with van der Waals surface area (Å²) in [6.07, 6.45) is 2.49. The van der Waals surface area contributed by atoms with E-state index < -0.39 is 11.7 Å². The molecule has 2 aromatic heterocycles. The summed E-state index contributed by atoms with van der Waals surface area (Å²) in [4.78, 5) is 32.7. The van der Waals surface area contributed by atoms with Crippen molar-refractivity contribution in [3.8, 4) is 0 Å². The molecule has 1 amide bonds. The van der Waals surface area contributed by atoms with Crippen molar-refractivity contribution in [2.75, 3.05) is 16.8 Å². The highest BCUT2D eigenvalue weighted by Crippen LogP contribution is 2.29. The number of nitrogens with one attached hydrogen (secondary N) is 1. The lowest BCUT2D eigenvalue weighted by Crippen LogP contribution is -2.26. The number of nitrogens with two attached hydrogens (primary N) is 1. The Balaban J connectivity index is 1.76. The highest BCUT2D eigenvalue weighted by Gasteiger charge is 2.24. The number of halogens is 1. The minimum atomic E-state index is -0.826. The largest absolute Gasteiger partial charge is 0.366 e. The molecular weight excluding hydrogens is 383 g/mol. The van der Waals surface area contributed by atoms with Crippen molar-refractivity contribution in [2.24, 2.45) is 12.8 Å². The average Bonchev–Trinajstić information content (AvgIpc) is 3.25. The number of carbonyl (C=O) groups is 1. The molecule has 1 saturated heterocycles. The molecule has 3 N–H and O–H groups in total. The number of thioether (sulfide) groups is 1. The van der Waals surface area contributed by atoms with Crippen LogP contribution < -0.4 is 16.7 Å². The van der Waals surface area contributed by atoms with Crippen molar-refractivity contribution in [2.45, 2.75) is 19.4 Å². The van der Waals surface area contributed by atoms with Gasteiger partial charge in [0, 0.05) is 18.5 Å². The third-order valence-electron chi connectivity index (χ3n) is 4.93. The molecule has 0 radical (unpaired) electrons. The van der Waals surface area contributed by atoms with Gasteiger partial charge in [-0.15, -0.1) is 0 Å². The Kier molecular flexibility index (Phi) is 4.58. The summed E-state index contributed by atoms with van der Waals surface area (Å²) < 4.78 is 17.4. The van der Waals surface area contributed by atoms with Crippen LogP contribution in [0.1, 0.15) is 28.4 Å². The van der Waals surface area contributed by atoms with E-state index in [1.54, 1.807) is 24.7 Å². The molecule has 1 aromatic carbocycles. The van der Waals surface area contributed by atoms with Crippen LogP contribution >= 0.6 is 11.8 Å². The van der Waals surface area contributed by atoms with Crippen LogP contribution in [0.5, 0.6) is 0 Å². The second-order valence-corrected chi connectivity index (χ2v) is 7.92. The first-order valence-electron chi connectivity index (χ1n) is 8.75. The zero-order valence-electron chi connectivity index (χ0n) is 15.4. The molecule has 1 unspecified atom stereocenters. The molecule has 8 nitrogen and oxygen atoms in total. The number of benzene rings is 1. The van der Waals surface area contributed by atoms with Crippen LogP contribution in [0, 0.1) is 12.7 Å². The van der Waals surface area contributed by atoms with Gasteiger partial charge in [0.1, 0.15) is 11.3 Å². The quantitative estimate of drug-likeness (QED) is 0.692. The predicted molar refractivity (Wildman–Crippen MR) is 107 cm³/mol. The molecule has 1 atom stereocenters. The average molecular weight is 402 g/mol. The molecule has 0 bridgehead atoms. The number of imidazole rings is 1. The maximum atomic E-state index is 14.1. The molecule has 10 heteroatoms. The lowest BCUT2D eigenvalue weighted by atomic mass is 10.1. The van der Waals surface area contributed by atoms with Crippen molar-refractivity contribution in [3.05, 3.63) is 45.8 Å². The van der Waals surface area contributed by atoms with Gasteiger partial charge in [-0.3, -0.25) is 13.9 Å². The maximum Gasteiger partial charge on any atom is 0.330 e. The Morgan fingerprint density at radius 1 is 1.43 bits per heavy atom. The van der Waals surface area contributed by atoms with Gasteiger partial charge in [0.15, 0.2) is 5.65 Å². The number of hydrogen-bond donors (Lipinski definition) is 2. The Morgan fingerprint density at radius 3 is 2.89 bits per heavy atom. The molecule has 0 spiro atoms. The highest BCUT2D eigenvalue weighted by molar-refractivity contribution is 7.99. The van der Waals surface area contributed by atoms with Gasteiger partial charge in [-0.25, -0.2) is 14.2 Å². The Morgan fingerprint density at radius 2 is 2.21 bits per heavy atom. The molecule has 3 heterocycles. The number of amides is 1. The summed E-state index contributed by atoms with van der Waals surface area (Å²) in [5.41, 5.74) is 7.11. The monoisotopic (exact) mass is 402 g/mol. The number of carbonyl (C=O) groups excluding carboxylic acids is 1. The van der Waals surface area contributed by atoms with Gasteiger partial charge in [-0.1, -0.05) is 0 Å². The Labute approximate surface area is 164 Å². The molecule has 0 saturated carbocycles. The zero-order chi connectivity index (χ0) is 20.0. The summed E-state index contributed by atoms with van der Waals surface area (Å²) >= 11 is 1.81. The standard InChI is InChI=1S/C18H19FN6O2S/c1-9-5-11(15(20)26)12(19)6-13(9)22-17-21-7-14-16(23-17)25(18(27)24(14)2)10-3-4-28-8-10/h5-7,10H,3-4,8H2,1-2H3,(H2,20,26)(H,21,22,23). The van der Waals surface area contributed by atoms with Gasteiger partial charge in [0.2, 0.25) is 5.95 Å². The molecule has 3 aromatic rings. The summed E-state index contributed by atoms with van der Waals surface area (Å²) in [5.74, 6) is 0.569. The van der Waals surface area contributed by atoms with Crippen LogP contribution in [0.15, 0.2) is 23.1 Å². The first-order chi connectivity index (χ1) is 13.4. The van der Waals surface area contributed by atoms with Gasteiger partial charge >= 0.3 is 5.69 Å². The fourth-order valence-electron chi connectivity index (χ4n) is 3.38. The number of fused-ring (bicyclic) bond motifs is 1. The first kappa shape index (κ1) is 18.5. The predicted octanol–water partition coefficient (Wildman–Crippen LogP) is 2.10. The molecular formula is C18H19FN6O2S. The third kappa shape index (κ3) is 3.03. The van der Waals surface area contributed by atoms with Gasteiger partial charge in [-0.05, 0) is 36.8 Å². The van der Waals surface area contributed by atoms with E-state index in [0.29, 0.717) is 22.4 Å². The second kappa shape index (κ2) is 6.93. The number of rotatable bonds is 4. The van der Waals surface area contributed by atoms with Gasteiger partial charge in [0.25, 0.3) is 5.91 Å². The van der Waals surface area contributed by atoms with Gasteiger partial charge < -0.3 is 11.1 Å². The number of nitrogens with zero attached hydrogens (tertiary/aromatic N) is 4. The number of anilines is 2. The van der Waals surface area contributed by atoms with E-state index in [0.717, 1.165) is 17.9 Å². The normalized spacial score (nSPS) is 16.6. The van der Waals surface area contributed by atoms with Crippen molar-refractivity contribution in [1.82, 2.24) is 19.1 Å². The van der Waals surface area contributed by atoms with Crippen LogP contribution in [0.4, 0.5) is 16.0 Å². The fourth-order valence-corrected chi connectivity index (χ4v) is 4.57. The van der Waals surface area contributed by atoms with Crippen molar-refractivity contribution in [1.29, 1.82) is 0 Å². The molecule has 1 aliphatic heterocycles. The van der Waals surface area contributed by atoms with E-state index in [-0.39, 0.29) is 23.2 Å². The van der Waals surface area contributed by atoms with Crippen molar-refractivity contribution in [3.63, 3.8) is 0 Å². The van der Waals surface area contributed by atoms with E-state index in [1.807, 2.05) is 11.8 Å². The van der Waals surface area contributed by atoms with Crippen LogP contribution in [0.3, 0.4) is 0 Å². The number of hydrogen-bond acceptors (Lipinski definition) is 6. The van der Waals surface area contributed by atoms with Crippen molar-refractivity contribution < 1.29 is 9.18 Å². The van der Waals surface area contributed by atoms with E-state index in [9.17, 15) is 14.0 Å². The number of aryl methyl sites for hydroxylation is 2.